The Kier molecular flexibility index (Phi) is 4.39. The molecule has 0 aromatic heterocycles. The highest BCUT2D eigenvalue weighted by Gasteiger charge is 2.20. The van der Waals surface area contributed by atoms with Crippen LogP contribution in [0.25, 0.3) is 0 Å². The predicted octanol–water partition coefficient (Wildman–Crippen LogP) is 3.31. The fourth-order valence-electron chi connectivity index (χ4n) is 2.03. The largest absolute Gasteiger partial charge is 0.241 e. The van der Waals surface area contributed by atoms with Crippen LogP contribution in [0.1, 0.15) is 24.1 Å². The monoisotopic (exact) mass is 311 g/mol. The first-order valence-electron chi connectivity index (χ1n) is 6.33. The van der Waals surface area contributed by atoms with Gasteiger partial charge >= 0.3 is 0 Å². The number of sulfonamides is 1. The van der Waals surface area contributed by atoms with Gasteiger partial charge in [0.1, 0.15) is 11.6 Å². The SMILES string of the molecule is Cc1cc(F)ccc1S(=O)(=O)NC(C)c1ccc(F)cc1. The highest BCUT2D eigenvalue weighted by molar-refractivity contribution is 7.89. The van der Waals surface area contributed by atoms with E-state index in [4.69, 9.17) is 0 Å². The molecule has 0 aliphatic rings. The number of hydrogen-bond acceptors (Lipinski definition) is 2. The van der Waals surface area contributed by atoms with Crippen LogP contribution < -0.4 is 4.72 Å². The van der Waals surface area contributed by atoms with Crippen LogP contribution in [-0.4, -0.2) is 8.42 Å². The van der Waals surface area contributed by atoms with Gasteiger partial charge in [-0.2, -0.15) is 0 Å². The zero-order valence-electron chi connectivity index (χ0n) is 11.6. The first-order chi connectivity index (χ1) is 9.79. The maximum absolute atomic E-state index is 13.1. The molecule has 0 saturated carbocycles. The molecule has 0 bridgehead atoms. The van der Waals surface area contributed by atoms with Crippen molar-refractivity contribution in [2.75, 3.05) is 0 Å². The Morgan fingerprint density at radius 3 is 2.14 bits per heavy atom. The van der Waals surface area contributed by atoms with Crippen LogP contribution in [0.4, 0.5) is 8.78 Å². The number of halogens is 2. The maximum Gasteiger partial charge on any atom is 0.241 e. The average Bonchev–Trinajstić information content (AvgIpc) is 2.38. The predicted molar refractivity (Wildman–Crippen MR) is 76.3 cm³/mol. The summed E-state index contributed by atoms with van der Waals surface area (Å²) in [5.74, 6) is -0.874. The van der Waals surface area contributed by atoms with Crippen LogP contribution in [-0.2, 0) is 10.0 Å². The first kappa shape index (κ1) is 15.6. The van der Waals surface area contributed by atoms with Crippen molar-refractivity contribution < 1.29 is 17.2 Å². The lowest BCUT2D eigenvalue weighted by Crippen LogP contribution is -2.27. The molecular formula is C15H15F2NO2S. The summed E-state index contributed by atoms with van der Waals surface area (Å²) < 4.78 is 53.0. The minimum Gasteiger partial charge on any atom is -0.207 e. The third kappa shape index (κ3) is 3.65. The Morgan fingerprint density at radius 1 is 1.00 bits per heavy atom. The highest BCUT2D eigenvalue weighted by Crippen LogP contribution is 2.20. The molecule has 112 valence electrons. The lowest BCUT2D eigenvalue weighted by Gasteiger charge is -2.16. The van der Waals surface area contributed by atoms with Crippen molar-refractivity contribution >= 4 is 10.0 Å². The summed E-state index contributed by atoms with van der Waals surface area (Å²) in [6.45, 7) is 3.18. The smallest absolute Gasteiger partial charge is 0.207 e. The quantitative estimate of drug-likeness (QED) is 0.941. The van der Waals surface area contributed by atoms with E-state index in [1.165, 1.54) is 37.3 Å². The molecule has 1 unspecified atom stereocenters. The molecule has 6 heteroatoms. The third-order valence-electron chi connectivity index (χ3n) is 3.13. The van der Waals surface area contributed by atoms with Gasteiger partial charge in [0, 0.05) is 6.04 Å². The van der Waals surface area contributed by atoms with Crippen molar-refractivity contribution in [2.45, 2.75) is 24.8 Å². The molecule has 2 aromatic rings. The third-order valence-corrected chi connectivity index (χ3v) is 4.83. The van der Waals surface area contributed by atoms with Crippen LogP contribution >= 0.6 is 0 Å². The second-order valence-electron chi connectivity index (χ2n) is 4.80. The lowest BCUT2D eigenvalue weighted by molar-refractivity contribution is 0.565. The van der Waals surface area contributed by atoms with Crippen molar-refractivity contribution in [1.82, 2.24) is 4.72 Å². The van der Waals surface area contributed by atoms with Crippen LogP contribution in [0.3, 0.4) is 0 Å². The van der Waals surface area contributed by atoms with Gasteiger partial charge in [-0.1, -0.05) is 12.1 Å². The van der Waals surface area contributed by atoms with Gasteiger partial charge in [-0.15, -0.1) is 0 Å². The molecule has 0 aliphatic heterocycles. The van der Waals surface area contributed by atoms with Crippen molar-refractivity contribution in [3.8, 4) is 0 Å². The van der Waals surface area contributed by atoms with E-state index in [9.17, 15) is 17.2 Å². The molecule has 0 heterocycles. The van der Waals surface area contributed by atoms with Gasteiger partial charge in [0.05, 0.1) is 4.90 Å². The number of hydrogen-bond donors (Lipinski definition) is 1. The molecule has 1 N–H and O–H groups in total. The van der Waals surface area contributed by atoms with Gasteiger partial charge in [-0.25, -0.2) is 21.9 Å². The molecule has 0 fully saturated rings. The molecule has 0 aliphatic carbocycles. The standard InChI is InChI=1S/C15H15F2NO2S/c1-10-9-14(17)7-8-15(10)21(19,20)18-11(2)12-3-5-13(16)6-4-12/h3-9,11,18H,1-2H3. The Balaban J connectivity index is 2.26. The maximum atomic E-state index is 13.1. The zero-order chi connectivity index (χ0) is 15.6. The van der Waals surface area contributed by atoms with E-state index in [0.29, 0.717) is 11.1 Å². The van der Waals surface area contributed by atoms with Crippen LogP contribution in [0, 0.1) is 18.6 Å². The Bertz CT molecular complexity index is 743. The molecule has 2 rings (SSSR count). The van der Waals surface area contributed by atoms with Crippen molar-refractivity contribution in [2.24, 2.45) is 0 Å². The topological polar surface area (TPSA) is 46.2 Å². The molecule has 1 atom stereocenters. The van der Waals surface area contributed by atoms with E-state index in [2.05, 4.69) is 4.72 Å². The summed E-state index contributed by atoms with van der Waals surface area (Å²) in [7, 11) is -3.78. The van der Waals surface area contributed by atoms with Crippen LogP contribution in [0.5, 0.6) is 0 Å². The molecule has 3 nitrogen and oxygen atoms in total. The van der Waals surface area contributed by atoms with Gasteiger partial charge in [0.25, 0.3) is 0 Å². The average molecular weight is 311 g/mol. The highest BCUT2D eigenvalue weighted by atomic mass is 32.2. The summed E-state index contributed by atoms with van der Waals surface area (Å²) in [5.41, 5.74) is 0.966. The minimum atomic E-state index is -3.78. The van der Waals surface area contributed by atoms with E-state index in [1.807, 2.05) is 0 Å². The van der Waals surface area contributed by atoms with Gasteiger partial charge in [0.2, 0.25) is 10.0 Å². The number of nitrogens with one attached hydrogen (secondary N) is 1. The van der Waals surface area contributed by atoms with E-state index in [1.54, 1.807) is 6.92 Å². The van der Waals surface area contributed by atoms with Gasteiger partial charge in [-0.05, 0) is 55.3 Å². The molecule has 0 spiro atoms. The lowest BCUT2D eigenvalue weighted by atomic mass is 10.1. The van der Waals surface area contributed by atoms with Crippen LogP contribution in [0.15, 0.2) is 47.4 Å². The molecule has 0 radical (unpaired) electrons. The van der Waals surface area contributed by atoms with E-state index in [-0.39, 0.29) is 10.7 Å². The summed E-state index contributed by atoms with van der Waals surface area (Å²) in [5, 5.41) is 0. The number of rotatable bonds is 4. The van der Waals surface area contributed by atoms with Gasteiger partial charge < -0.3 is 0 Å². The normalized spacial score (nSPS) is 13.1. The molecule has 2 aromatic carbocycles. The molecule has 0 saturated heterocycles. The van der Waals surface area contributed by atoms with Crippen molar-refractivity contribution in [3.63, 3.8) is 0 Å². The minimum absolute atomic E-state index is 0.0258. The van der Waals surface area contributed by atoms with Gasteiger partial charge in [0.15, 0.2) is 0 Å². The summed E-state index contributed by atoms with van der Waals surface area (Å²) in [4.78, 5) is 0.0258. The van der Waals surface area contributed by atoms with E-state index >= 15 is 0 Å². The number of benzene rings is 2. The van der Waals surface area contributed by atoms with Crippen molar-refractivity contribution in [1.29, 1.82) is 0 Å². The van der Waals surface area contributed by atoms with E-state index < -0.39 is 21.9 Å². The first-order valence-corrected chi connectivity index (χ1v) is 7.82. The summed E-state index contributed by atoms with van der Waals surface area (Å²) >= 11 is 0. The fraction of sp³-hybridized carbons (Fsp3) is 0.200. The van der Waals surface area contributed by atoms with E-state index in [0.717, 1.165) is 12.1 Å². The molecule has 0 amide bonds. The van der Waals surface area contributed by atoms with Gasteiger partial charge in [-0.3, -0.25) is 0 Å². The Labute approximate surface area is 122 Å². The van der Waals surface area contributed by atoms with Crippen molar-refractivity contribution in [3.05, 3.63) is 65.2 Å². The summed E-state index contributed by atoms with van der Waals surface area (Å²) in [6.07, 6.45) is 0. The Hall–Kier alpha value is -1.79. The fourth-order valence-corrected chi connectivity index (χ4v) is 3.49. The van der Waals surface area contributed by atoms with Crippen LogP contribution in [0.2, 0.25) is 0 Å². The second-order valence-corrected chi connectivity index (χ2v) is 6.49. The summed E-state index contributed by atoms with van der Waals surface area (Å²) in [6, 6.07) is 8.53. The number of aryl methyl sites for hydroxylation is 1. The molecule has 21 heavy (non-hydrogen) atoms. The Morgan fingerprint density at radius 2 is 1.57 bits per heavy atom. The zero-order valence-corrected chi connectivity index (χ0v) is 12.4. The molecular weight excluding hydrogens is 296 g/mol. The second kappa shape index (κ2) is 5.91.